The molecule has 0 amide bonds. The topological polar surface area (TPSA) is 34.4 Å². The van der Waals surface area contributed by atoms with Crippen LogP contribution in [-0.2, 0) is 17.7 Å². The van der Waals surface area contributed by atoms with E-state index in [1.165, 1.54) is 10.9 Å². The lowest BCUT2D eigenvalue weighted by Gasteiger charge is -2.08. The van der Waals surface area contributed by atoms with Crippen LogP contribution < -0.4 is 5.32 Å². The lowest BCUT2D eigenvalue weighted by molar-refractivity contribution is 0.125. The van der Waals surface area contributed by atoms with Crippen LogP contribution in [0.5, 0.6) is 0 Å². The van der Waals surface area contributed by atoms with Crippen LogP contribution in [0.15, 0.2) is 28.7 Å². The van der Waals surface area contributed by atoms with Crippen LogP contribution in [0.1, 0.15) is 38.5 Å². The number of para-hydroxylation sites is 1. The molecule has 1 heterocycles. The highest BCUT2D eigenvalue weighted by Crippen LogP contribution is 2.25. The summed E-state index contributed by atoms with van der Waals surface area (Å²) >= 11 is 0. The van der Waals surface area contributed by atoms with E-state index >= 15 is 0 Å². The second-order valence-electron chi connectivity index (χ2n) is 5.83. The van der Waals surface area contributed by atoms with Gasteiger partial charge in [0.25, 0.3) is 0 Å². The second-order valence-corrected chi connectivity index (χ2v) is 5.83. The van der Waals surface area contributed by atoms with Crippen molar-refractivity contribution in [3.05, 3.63) is 35.6 Å². The van der Waals surface area contributed by atoms with Crippen molar-refractivity contribution in [2.75, 3.05) is 19.8 Å². The van der Waals surface area contributed by atoms with Crippen LogP contribution >= 0.6 is 0 Å². The van der Waals surface area contributed by atoms with E-state index in [-0.39, 0.29) is 0 Å². The zero-order chi connectivity index (χ0) is 15.1. The van der Waals surface area contributed by atoms with Crippen molar-refractivity contribution in [2.24, 2.45) is 5.92 Å². The summed E-state index contributed by atoms with van der Waals surface area (Å²) in [6.07, 6.45) is 2.06. The van der Waals surface area contributed by atoms with Gasteiger partial charge in [-0.2, -0.15) is 0 Å². The van der Waals surface area contributed by atoms with E-state index in [9.17, 15) is 0 Å². The molecule has 2 aromatic rings. The van der Waals surface area contributed by atoms with Gasteiger partial charge in [0.2, 0.25) is 0 Å². The molecule has 116 valence electrons. The van der Waals surface area contributed by atoms with Crippen molar-refractivity contribution in [3.8, 4) is 0 Å². The molecule has 1 aromatic heterocycles. The molecule has 0 spiro atoms. The first-order valence-electron chi connectivity index (χ1n) is 8.00. The normalized spacial score (nSPS) is 11.6. The Morgan fingerprint density at radius 1 is 1.19 bits per heavy atom. The summed E-state index contributed by atoms with van der Waals surface area (Å²) in [4.78, 5) is 0. The van der Waals surface area contributed by atoms with E-state index in [2.05, 4.69) is 38.2 Å². The van der Waals surface area contributed by atoms with Crippen molar-refractivity contribution >= 4 is 11.0 Å². The van der Waals surface area contributed by atoms with Gasteiger partial charge in [0.05, 0.1) is 6.61 Å². The number of nitrogens with one attached hydrogen (secondary N) is 1. The van der Waals surface area contributed by atoms with Crippen LogP contribution in [0.3, 0.4) is 0 Å². The molecule has 21 heavy (non-hydrogen) atoms. The van der Waals surface area contributed by atoms with Crippen LogP contribution in [0.4, 0.5) is 0 Å². The molecule has 0 aliphatic heterocycles. The molecular weight excluding hydrogens is 262 g/mol. The van der Waals surface area contributed by atoms with Gasteiger partial charge in [0.15, 0.2) is 0 Å². The zero-order valence-corrected chi connectivity index (χ0v) is 13.4. The number of aryl methyl sites for hydroxylation is 1. The van der Waals surface area contributed by atoms with Crippen molar-refractivity contribution < 1.29 is 9.15 Å². The number of furan rings is 1. The molecular formula is C18H27NO2. The summed E-state index contributed by atoms with van der Waals surface area (Å²) in [6.45, 7) is 9.92. The minimum atomic E-state index is 0.711. The molecule has 1 N–H and O–H groups in total. The predicted octanol–water partition coefficient (Wildman–Crippen LogP) is 4.15. The third kappa shape index (κ3) is 4.58. The molecule has 2 rings (SSSR count). The van der Waals surface area contributed by atoms with Gasteiger partial charge in [0, 0.05) is 37.1 Å². The van der Waals surface area contributed by atoms with Crippen molar-refractivity contribution in [3.63, 3.8) is 0 Å². The van der Waals surface area contributed by atoms with Crippen LogP contribution in [-0.4, -0.2) is 19.8 Å². The highest BCUT2D eigenvalue weighted by atomic mass is 16.5. The average molecular weight is 289 g/mol. The van der Waals surface area contributed by atoms with E-state index in [0.717, 1.165) is 50.5 Å². The third-order valence-corrected chi connectivity index (χ3v) is 3.67. The maximum Gasteiger partial charge on any atom is 0.134 e. The van der Waals surface area contributed by atoms with Gasteiger partial charge in [-0.1, -0.05) is 39.0 Å². The molecule has 0 radical (unpaired) electrons. The minimum Gasteiger partial charge on any atom is -0.461 e. The summed E-state index contributed by atoms with van der Waals surface area (Å²) in [5, 5.41) is 4.68. The fraction of sp³-hybridized carbons (Fsp3) is 0.556. The first-order valence-corrected chi connectivity index (χ1v) is 8.00. The molecule has 0 fully saturated rings. The Morgan fingerprint density at radius 2 is 2.00 bits per heavy atom. The Kier molecular flexibility index (Phi) is 6.27. The van der Waals surface area contributed by atoms with Crippen LogP contribution in [0.2, 0.25) is 0 Å². The second kappa shape index (κ2) is 8.20. The van der Waals surface area contributed by atoms with Gasteiger partial charge < -0.3 is 14.5 Å². The summed E-state index contributed by atoms with van der Waals surface area (Å²) in [7, 11) is 0. The van der Waals surface area contributed by atoms with E-state index in [1.807, 2.05) is 12.1 Å². The summed E-state index contributed by atoms with van der Waals surface area (Å²) in [5.41, 5.74) is 2.27. The first-order chi connectivity index (χ1) is 10.2. The fourth-order valence-electron chi connectivity index (χ4n) is 2.41. The van der Waals surface area contributed by atoms with Gasteiger partial charge in [0.1, 0.15) is 11.3 Å². The highest BCUT2D eigenvalue weighted by Gasteiger charge is 2.11. The first kappa shape index (κ1) is 16.1. The molecule has 0 aliphatic rings. The number of benzene rings is 1. The highest BCUT2D eigenvalue weighted by molar-refractivity contribution is 5.82. The average Bonchev–Trinajstić information content (AvgIpc) is 2.84. The molecule has 0 unspecified atom stereocenters. The van der Waals surface area contributed by atoms with Gasteiger partial charge in [-0.15, -0.1) is 0 Å². The molecule has 0 aliphatic carbocycles. The SMILES string of the molecule is CCc1oc2ccccc2c1CNCCOCCC(C)C. The number of hydrogen-bond donors (Lipinski definition) is 1. The number of fused-ring (bicyclic) bond motifs is 1. The Morgan fingerprint density at radius 3 is 2.76 bits per heavy atom. The molecule has 0 bridgehead atoms. The van der Waals surface area contributed by atoms with Crippen molar-refractivity contribution in [1.29, 1.82) is 0 Å². The Hall–Kier alpha value is -1.32. The van der Waals surface area contributed by atoms with Crippen molar-refractivity contribution in [1.82, 2.24) is 5.32 Å². The monoisotopic (exact) mass is 289 g/mol. The van der Waals surface area contributed by atoms with Gasteiger partial charge >= 0.3 is 0 Å². The Labute approximate surface area is 127 Å². The molecule has 0 saturated carbocycles. The smallest absolute Gasteiger partial charge is 0.134 e. The lowest BCUT2D eigenvalue weighted by atomic mass is 10.1. The van der Waals surface area contributed by atoms with E-state index in [1.54, 1.807) is 0 Å². The maximum atomic E-state index is 5.90. The minimum absolute atomic E-state index is 0.711. The zero-order valence-electron chi connectivity index (χ0n) is 13.4. The van der Waals surface area contributed by atoms with Gasteiger partial charge in [-0.05, 0) is 18.4 Å². The molecule has 3 nitrogen and oxygen atoms in total. The Bertz CT molecular complexity index is 545. The lowest BCUT2D eigenvalue weighted by Crippen LogP contribution is -2.20. The quantitative estimate of drug-likeness (QED) is 0.704. The summed E-state index contributed by atoms with van der Waals surface area (Å²) < 4.78 is 11.5. The number of rotatable bonds is 9. The van der Waals surface area contributed by atoms with Gasteiger partial charge in [-0.3, -0.25) is 0 Å². The van der Waals surface area contributed by atoms with E-state index < -0.39 is 0 Å². The predicted molar refractivity (Wildman–Crippen MR) is 87.6 cm³/mol. The van der Waals surface area contributed by atoms with Crippen molar-refractivity contribution in [2.45, 2.75) is 40.2 Å². The van der Waals surface area contributed by atoms with Gasteiger partial charge in [-0.25, -0.2) is 0 Å². The van der Waals surface area contributed by atoms with E-state index in [4.69, 9.17) is 9.15 Å². The van der Waals surface area contributed by atoms with Crippen LogP contribution in [0, 0.1) is 5.92 Å². The molecule has 3 heteroatoms. The third-order valence-electron chi connectivity index (χ3n) is 3.67. The molecule has 0 saturated heterocycles. The number of ether oxygens (including phenoxy) is 1. The Balaban J connectivity index is 1.80. The molecule has 0 atom stereocenters. The summed E-state index contributed by atoms with van der Waals surface area (Å²) in [6, 6.07) is 8.25. The number of hydrogen-bond acceptors (Lipinski definition) is 3. The maximum absolute atomic E-state index is 5.90. The van der Waals surface area contributed by atoms with E-state index in [0.29, 0.717) is 5.92 Å². The largest absolute Gasteiger partial charge is 0.461 e. The fourth-order valence-corrected chi connectivity index (χ4v) is 2.41. The van der Waals surface area contributed by atoms with Crippen LogP contribution in [0.25, 0.3) is 11.0 Å². The molecule has 1 aromatic carbocycles. The standard InChI is InChI=1S/C18H27NO2/c1-4-17-16(15-7-5-6-8-18(15)21-17)13-19-10-12-20-11-9-14(2)3/h5-8,14,19H,4,9-13H2,1-3H3. The summed E-state index contributed by atoms with van der Waals surface area (Å²) in [5.74, 6) is 1.80.